The van der Waals surface area contributed by atoms with Crippen molar-refractivity contribution in [2.75, 3.05) is 44.7 Å². The van der Waals surface area contributed by atoms with E-state index < -0.39 is 23.4 Å². The molecule has 0 unspecified atom stereocenters. The number of hydrogen-bond acceptors (Lipinski definition) is 5. The molecule has 2 aliphatic heterocycles. The maximum absolute atomic E-state index is 13.4. The van der Waals surface area contributed by atoms with Crippen LogP contribution in [0.5, 0.6) is 0 Å². The van der Waals surface area contributed by atoms with Crippen LogP contribution >= 0.6 is 0 Å². The Morgan fingerprint density at radius 2 is 1.45 bits per heavy atom. The van der Waals surface area contributed by atoms with Crippen molar-refractivity contribution in [2.45, 2.75) is 6.42 Å². The van der Waals surface area contributed by atoms with Crippen LogP contribution in [-0.2, 0) is 14.3 Å². The minimum atomic E-state index is -0.448. The van der Waals surface area contributed by atoms with Gasteiger partial charge in [0, 0.05) is 31.9 Å². The number of carbonyl (C=O) groups excluding carboxylic acids is 2. The van der Waals surface area contributed by atoms with Crippen LogP contribution in [0.15, 0.2) is 54.2 Å². The lowest BCUT2D eigenvalue weighted by atomic mass is 10.0. The number of ether oxygens (including phenoxy) is 1. The highest BCUT2D eigenvalue weighted by molar-refractivity contribution is 6.36. The van der Waals surface area contributed by atoms with E-state index in [1.54, 1.807) is 0 Å². The Bertz CT molecular complexity index is 984. The molecular weight excluding hydrogens is 404 g/mol. The van der Waals surface area contributed by atoms with Crippen molar-refractivity contribution in [1.29, 1.82) is 0 Å². The van der Waals surface area contributed by atoms with Crippen molar-refractivity contribution in [3.05, 3.63) is 71.4 Å². The standard InChI is InChI=1S/C23H23F2N3O3/c24-17-4-2-16(3-5-17)20-21(26-19-8-6-18(25)7-9-19)23(30)28(22(20)29)11-1-10-27-12-14-31-15-13-27/h2-9,26H,1,10-15H2. The predicted octanol–water partition coefficient (Wildman–Crippen LogP) is 2.88. The minimum Gasteiger partial charge on any atom is -0.379 e. The number of hydrogen-bond donors (Lipinski definition) is 1. The number of amides is 2. The van der Waals surface area contributed by atoms with Crippen molar-refractivity contribution < 1.29 is 23.1 Å². The Hall–Kier alpha value is -3.10. The molecule has 0 radical (unpaired) electrons. The van der Waals surface area contributed by atoms with E-state index in [1.165, 1.54) is 53.4 Å². The molecule has 2 aliphatic rings. The Labute approximate surface area is 179 Å². The minimum absolute atomic E-state index is 0.106. The molecule has 0 saturated carbocycles. The molecule has 2 amide bonds. The van der Waals surface area contributed by atoms with Crippen LogP contribution in [0.2, 0.25) is 0 Å². The van der Waals surface area contributed by atoms with Gasteiger partial charge in [-0.3, -0.25) is 19.4 Å². The normalized spacial score (nSPS) is 17.5. The molecule has 2 aromatic rings. The van der Waals surface area contributed by atoms with Gasteiger partial charge in [-0.1, -0.05) is 12.1 Å². The first-order valence-corrected chi connectivity index (χ1v) is 10.2. The number of nitrogens with zero attached hydrogens (tertiary/aromatic N) is 2. The van der Waals surface area contributed by atoms with Gasteiger partial charge in [-0.25, -0.2) is 8.78 Å². The summed E-state index contributed by atoms with van der Waals surface area (Å²) in [5.74, 6) is -1.72. The second kappa shape index (κ2) is 9.36. The second-order valence-electron chi connectivity index (χ2n) is 7.46. The van der Waals surface area contributed by atoms with Crippen LogP contribution in [0.4, 0.5) is 14.5 Å². The fraction of sp³-hybridized carbons (Fsp3) is 0.304. The first-order chi connectivity index (χ1) is 15.0. The van der Waals surface area contributed by atoms with Crippen molar-refractivity contribution >= 4 is 23.1 Å². The van der Waals surface area contributed by atoms with Crippen molar-refractivity contribution in [2.24, 2.45) is 0 Å². The van der Waals surface area contributed by atoms with Gasteiger partial charge in [0.25, 0.3) is 11.8 Å². The molecule has 4 rings (SSSR count). The lowest BCUT2D eigenvalue weighted by Gasteiger charge is -2.27. The molecule has 0 spiro atoms. The SMILES string of the molecule is O=C1C(Nc2ccc(F)cc2)=C(c2ccc(F)cc2)C(=O)N1CCCN1CCOCC1. The lowest BCUT2D eigenvalue weighted by molar-refractivity contribution is -0.136. The molecule has 0 atom stereocenters. The highest BCUT2D eigenvalue weighted by Gasteiger charge is 2.39. The number of nitrogens with one attached hydrogen (secondary N) is 1. The molecule has 162 valence electrons. The summed E-state index contributed by atoms with van der Waals surface area (Å²) in [6.07, 6.45) is 0.637. The molecular formula is C23H23F2N3O3. The predicted molar refractivity (Wildman–Crippen MR) is 112 cm³/mol. The highest BCUT2D eigenvalue weighted by Crippen LogP contribution is 2.30. The lowest BCUT2D eigenvalue weighted by Crippen LogP contribution is -2.39. The Balaban J connectivity index is 1.55. The molecule has 6 nitrogen and oxygen atoms in total. The number of morpholine rings is 1. The maximum Gasteiger partial charge on any atom is 0.278 e. The van der Waals surface area contributed by atoms with Gasteiger partial charge in [0.15, 0.2) is 0 Å². The zero-order valence-electron chi connectivity index (χ0n) is 16.9. The van der Waals surface area contributed by atoms with E-state index in [9.17, 15) is 18.4 Å². The summed E-state index contributed by atoms with van der Waals surface area (Å²) in [6.45, 7) is 4.06. The summed E-state index contributed by atoms with van der Waals surface area (Å²) in [5.41, 5.74) is 1.21. The summed E-state index contributed by atoms with van der Waals surface area (Å²) in [5, 5.41) is 2.96. The molecule has 8 heteroatoms. The molecule has 0 bridgehead atoms. The molecule has 0 aromatic heterocycles. The number of carbonyl (C=O) groups is 2. The summed E-state index contributed by atoms with van der Waals surface area (Å²) >= 11 is 0. The Morgan fingerprint density at radius 3 is 2.10 bits per heavy atom. The number of anilines is 1. The highest BCUT2D eigenvalue weighted by atomic mass is 19.1. The van der Waals surface area contributed by atoms with Gasteiger partial charge >= 0.3 is 0 Å². The van der Waals surface area contributed by atoms with Gasteiger partial charge in [0.05, 0.1) is 18.8 Å². The van der Waals surface area contributed by atoms with E-state index in [-0.39, 0.29) is 17.8 Å². The van der Waals surface area contributed by atoms with Crippen LogP contribution in [0, 0.1) is 11.6 Å². The second-order valence-corrected chi connectivity index (χ2v) is 7.46. The van der Waals surface area contributed by atoms with E-state index in [1.807, 2.05) is 0 Å². The van der Waals surface area contributed by atoms with Crippen LogP contribution < -0.4 is 5.32 Å². The van der Waals surface area contributed by atoms with Gasteiger partial charge in [-0.2, -0.15) is 0 Å². The number of imide groups is 1. The number of rotatable bonds is 7. The van der Waals surface area contributed by atoms with Gasteiger partial charge in [0.1, 0.15) is 17.3 Å². The zero-order chi connectivity index (χ0) is 21.8. The van der Waals surface area contributed by atoms with Crippen LogP contribution in [0.3, 0.4) is 0 Å². The van der Waals surface area contributed by atoms with E-state index in [0.29, 0.717) is 30.9 Å². The Morgan fingerprint density at radius 1 is 0.839 bits per heavy atom. The molecule has 31 heavy (non-hydrogen) atoms. The third-order valence-corrected chi connectivity index (χ3v) is 5.37. The van der Waals surface area contributed by atoms with Crippen molar-refractivity contribution in [3.8, 4) is 0 Å². The topological polar surface area (TPSA) is 61.9 Å². The van der Waals surface area contributed by atoms with E-state index in [2.05, 4.69) is 10.2 Å². The van der Waals surface area contributed by atoms with Gasteiger partial charge in [-0.15, -0.1) is 0 Å². The molecule has 2 heterocycles. The summed E-state index contributed by atoms with van der Waals surface area (Å²) in [4.78, 5) is 29.7. The number of halogens is 2. The van der Waals surface area contributed by atoms with Gasteiger partial charge in [-0.05, 0) is 48.4 Å². The third-order valence-electron chi connectivity index (χ3n) is 5.37. The van der Waals surface area contributed by atoms with Crippen molar-refractivity contribution in [1.82, 2.24) is 9.80 Å². The first-order valence-electron chi connectivity index (χ1n) is 10.2. The quantitative estimate of drug-likeness (QED) is 0.689. The fourth-order valence-electron chi connectivity index (χ4n) is 3.73. The van der Waals surface area contributed by atoms with Crippen LogP contribution in [0.25, 0.3) is 5.57 Å². The van der Waals surface area contributed by atoms with Gasteiger partial charge < -0.3 is 10.1 Å². The molecule has 1 fully saturated rings. The summed E-state index contributed by atoms with van der Waals surface area (Å²) in [7, 11) is 0. The summed E-state index contributed by atoms with van der Waals surface area (Å²) in [6, 6.07) is 10.9. The third kappa shape index (κ3) is 4.81. The largest absolute Gasteiger partial charge is 0.379 e. The summed E-state index contributed by atoms with van der Waals surface area (Å²) < 4.78 is 32.0. The monoisotopic (exact) mass is 427 g/mol. The zero-order valence-corrected chi connectivity index (χ0v) is 16.9. The fourth-order valence-corrected chi connectivity index (χ4v) is 3.73. The van der Waals surface area contributed by atoms with E-state index in [4.69, 9.17) is 4.74 Å². The number of benzene rings is 2. The average Bonchev–Trinajstić information content (AvgIpc) is 3.01. The average molecular weight is 427 g/mol. The maximum atomic E-state index is 13.4. The molecule has 0 aliphatic carbocycles. The van der Waals surface area contributed by atoms with E-state index in [0.717, 1.165) is 19.6 Å². The first kappa shape index (κ1) is 21.1. The smallest absolute Gasteiger partial charge is 0.278 e. The van der Waals surface area contributed by atoms with Crippen molar-refractivity contribution in [3.63, 3.8) is 0 Å². The van der Waals surface area contributed by atoms with Crippen LogP contribution in [-0.4, -0.2) is 61.0 Å². The molecule has 2 aromatic carbocycles. The van der Waals surface area contributed by atoms with Crippen LogP contribution in [0.1, 0.15) is 12.0 Å². The molecule has 1 N–H and O–H groups in total. The molecule has 1 saturated heterocycles. The van der Waals surface area contributed by atoms with Gasteiger partial charge in [0.2, 0.25) is 0 Å². The Kier molecular flexibility index (Phi) is 6.39. The van der Waals surface area contributed by atoms with E-state index >= 15 is 0 Å².